The lowest BCUT2D eigenvalue weighted by Gasteiger charge is -2.06. The van der Waals surface area contributed by atoms with Gasteiger partial charge in [-0.3, -0.25) is 4.79 Å². The second-order valence-electron chi connectivity index (χ2n) is 4.29. The minimum atomic E-state index is 0.118. The second kappa shape index (κ2) is 8.53. The molecule has 0 aromatic carbocycles. The fourth-order valence-electron chi connectivity index (χ4n) is 1.38. The Morgan fingerprint density at radius 2 is 2.12 bits per heavy atom. The zero-order chi connectivity index (χ0) is 11.6. The van der Waals surface area contributed by atoms with Crippen LogP contribution in [0, 0.1) is 0 Å². The van der Waals surface area contributed by atoms with Crippen LogP contribution < -0.4 is 10.6 Å². The number of carbonyl (C=O) groups excluding carboxylic acids is 1. The summed E-state index contributed by atoms with van der Waals surface area (Å²) in [6.45, 7) is 4.99. The van der Waals surface area contributed by atoms with Crippen LogP contribution in [0.2, 0.25) is 0 Å². The van der Waals surface area contributed by atoms with Crippen LogP contribution in [0.1, 0.15) is 39.0 Å². The van der Waals surface area contributed by atoms with Crippen LogP contribution in [0.4, 0.5) is 0 Å². The molecule has 0 spiro atoms. The van der Waals surface area contributed by atoms with Gasteiger partial charge in [0.15, 0.2) is 0 Å². The minimum absolute atomic E-state index is 0.118. The highest BCUT2D eigenvalue weighted by Gasteiger charge is 2.19. The van der Waals surface area contributed by atoms with E-state index in [1.54, 1.807) is 0 Å². The Morgan fingerprint density at radius 1 is 1.31 bits per heavy atom. The normalized spacial score (nSPS) is 15.1. The third kappa shape index (κ3) is 7.65. The van der Waals surface area contributed by atoms with E-state index < -0.39 is 0 Å². The highest BCUT2D eigenvalue weighted by atomic mass is 16.5. The van der Waals surface area contributed by atoms with Gasteiger partial charge in [-0.05, 0) is 19.3 Å². The van der Waals surface area contributed by atoms with E-state index >= 15 is 0 Å². The predicted octanol–water partition coefficient (Wildman–Crippen LogP) is 1.06. The van der Waals surface area contributed by atoms with Crippen molar-refractivity contribution >= 4 is 5.91 Å². The highest BCUT2D eigenvalue weighted by Crippen LogP contribution is 2.18. The van der Waals surface area contributed by atoms with Crippen LogP contribution in [-0.2, 0) is 9.53 Å². The fourth-order valence-corrected chi connectivity index (χ4v) is 1.38. The monoisotopic (exact) mass is 228 g/mol. The van der Waals surface area contributed by atoms with E-state index in [0.717, 1.165) is 26.0 Å². The number of ether oxygens (including phenoxy) is 1. The van der Waals surface area contributed by atoms with Gasteiger partial charge >= 0.3 is 0 Å². The standard InChI is InChI=1S/C12H24N2O2/c1-2-3-9-16-10-8-14-12(15)6-7-13-11-4-5-11/h11,13H,2-10H2,1H3,(H,14,15). The van der Waals surface area contributed by atoms with Crippen LogP contribution in [0.15, 0.2) is 0 Å². The summed E-state index contributed by atoms with van der Waals surface area (Å²) in [5, 5.41) is 6.16. The predicted molar refractivity (Wildman–Crippen MR) is 64.4 cm³/mol. The SMILES string of the molecule is CCCCOCCNC(=O)CCNC1CC1. The molecule has 0 saturated heterocycles. The zero-order valence-electron chi connectivity index (χ0n) is 10.3. The van der Waals surface area contributed by atoms with Crippen molar-refractivity contribution in [2.75, 3.05) is 26.3 Å². The lowest BCUT2D eigenvalue weighted by atomic mass is 10.4. The number of hydrogen-bond acceptors (Lipinski definition) is 3. The molecule has 4 nitrogen and oxygen atoms in total. The van der Waals surface area contributed by atoms with E-state index in [4.69, 9.17) is 4.74 Å². The average Bonchev–Trinajstić information content (AvgIpc) is 3.07. The van der Waals surface area contributed by atoms with Gasteiger partial charge in [0, 0.05) is 32.2 Å². The molecular weight excluding hydrogens is 204 g/mol. The van der Waals surface area contributed by atoms with Crippen LogP contribution >= 0.6 is 0 Å². The molecular formula is C12H24N2O2. The van der Waals surface area contributed by atoms with Crippen LogP contribution in [0.5, 0.6) is 0 Å². The number of rotatable bonds is 10. The molecule has 16 heavy (non-hydrogen) atoms. The van der Waals surface area contributed by atoms with Gasteiger partial charge in [0.25, 0.3) is 0 Å². The van der Waals surface area contributed by atoms with Crippen LogP contribution in [-0.4, -0.2) is 38.3 Å². The van der Waals surface area contributed by atoms with Gasteiger partial charge in [-0.2, -0.15) is 0 Å². The molecule has 0 aromatic heterocycles. The van der Waals surface area contributed by atoms with Crippen molar-refractivity contribution in [2.45, 2.75) is 45.1 Å². The van der Waals surface area contributed by atoms with Crippen molar-refractivity contribution in [2.24, 2.45) is 0 Å². The Bertz CT molecular complexity index is 193. The molecule has 1 amide bonds. The van der Waals surface area contributed by atoms with Gasteiger partial charge < -0.3 is 15.4 Å². The Balaban J connectivity index is 1.78. The molecule has 4 heteroatoms. The molecule has 0 heterocycles. The van der Waals surface area contributed by atoms with Crippen molar-refractivity contribution in [3.63, 3.8) is 0 Å². The molecule has 2 N–H and O–H groups in total. The Labute approximate surface area is 98.1 Å². The molecule has 1 aliphatic rings. The summed E-state index contributed by atoms with van der Waals surface area (Å²) in [5.74, 6) is 0.118. The number of amides is 1. The minimum Gasteiger partial charge on any atom is -0.380 e. The summed E-state index contributed by atoms with van der Waals surface area (Å²) >= 11 is 0. The van der Waals surface area contributed by atoms with E-state index in [9.17, 15) is 4.79 Å². The van der Waals surface area contributed by atoms with Crippen molar-refractivity contribution in [1.29, 1.82) is 0 Å². The van der Waals surface area contributed by atoms with Gasteiger partial charge in [-0.15, -0.1) is 0 Å². The summed E-state index contributed by atoms with van der Waals surface area (Å²) in [7, 11) is 0. The van der Waals surface area contributed by atoms with E-state index in [0.29, 0.717) is 25.6 Å². The first kappa shape index (κ1) is 13.5. The second-order valence-corrected chi connectivity index (χ2v) is 4.29. The van der Waals surface area contributed by atoms with Crippen molar-refractivity contribution in [3.05, 3.63) is 0 Å². The molecule has 0 aliphatic heterocycles. The van der Waals surface area contributed by atoms with E-state index in [-0.39, 0.29) is 5.91 Å². The Hall–Kier alpha value is -0.610. The van der Waals surface area contributed by atoms with Gasteiger partial charge in [-0.25, -0.2) is 0 Å². The highest BCUT2D eigenvalue weighted by molar-refractivity contribution is 5.76. The summed E-state index contributed by atoms with van der Waals surface area (Å²) < 4.78 is 5.35. The largest absolute Gasteiger partial charge is 0.380 e. The summed E-state index contributed by atoms with van der Waals surface area (Å²) in [5.41, 5.74) is 0. The first-order valence-electron chi connectivity index (χ1n) is 6.40. The molecule has 1 saturated carbocycles. The van der Waals surface area contributed by atoms with Gasteiger partial charge in [0.1, 0.15) is 0 Å². The topological polar surface area (TPSA) is 50.4 Å². The lowest BCUT2D eigenvalue weighted by Crippen LogP contribution is -2.30. The number of nitrogens with one attached hydrogen (secondary N) is 2. The van der Waals surface area contributed by atoms with E-state index in [2.05, 4.69) is 17.6 Å². The smallest absolute Gasteiger partial charge is 0.221 e. The summed E-state index contributed by atoms with van der Waals surface area (Å²) in [4.78, 5) is 11.3. The summed E-state index contributed by atoms with van der Waals surface area (Å²) in [6, 6.07) is 0.685. The van der Waals surface area contributed by atoms with E-state index in [1.165, 1.54) is 12.8 Å². The first-order chi connectivity index (χ1) is 7.83. The molecule has 1 rings (SSSR count). The van der Waals surface area contributed by atoms with Crippen LogP contribution in [0.25, 0.3) is 0 Å². The Kier molecular flexibility index (Phi) is 7.17. The van der Waals surface area contributed by atoms with Crippen molar-refractivity contribution in [1.82, 2.24) is 10.6 Å². The maximum Gasteiger partial charge on any atom is 0.221 e. The maximum absolute atomic E-state index is 11.3. The van der Waals surface area contributed by atoms with Gasteiger partial charge in [-0.1, -0.05) is 13.3 Å². The zero-order valence-corrected chi connectivity index (χ0v) is 10.3. The average molecular weight is 228 g/mol. The lowest BCUT2D eigenvalue weighted by molar-refractivity contribution is -0.121. The number of unbranched alkanes of at least 4 members (excludes halogenated alkanes) is 1. The molecule has 0 radical (unpaired) electrons. The van der Waals surface area contributed by atoms with Crippen molar-refractivity contribution in [3.8, 4) is 0 Å². The summed E-state index contributed by atoms with van der Waals surface area (Å²) in [6.07, 6.45) is 5.36. The quantitative estimate of drug-likeness (QED) is 0.550. The third-order valence-corrected chi connectivity index (χ3v) is 2.57. The van der Waals surface area contributed by atoms with Gasteiger partial charge in [0.2, 0.25) is 5.91 Å². The first-order valence-corrected chi connectivity index (χ1v) is 6.40. The fraction of sp³-hybridized carbons (Fsp3) is 0.917. The molecule has 0 atom stereocenters. The molecule has 94 valence electrons. The molecule has 1 fully saturated rings. The van der Waals surface area contributed by atoms with Gasteiger partial charge in [0.05, 0.1) is 6.61 Å². The molecule has 0 aromatic rings. The van der Waals surface area contributed by atoms with E-state index in [1.807, 2.05) is 0 Å². The van der Waals surface area contributed by atoms with Crippen LogP contribution in [0.3, 0.4) is 0 Å². The molecule has 0 unspecified atom stereocenters. The third-order valence-electron chi connectivity index (χ3n) is 2.57. The number of hydrogen-bond donors (Lipinski definition) is 2. The number of carbonyl (C=O) groups is 1. The van der Waals surface area contributed by atoms with Crippen molar-refractivity contribution < 1.29 is 9.53 Å². The Morgan fingerprint density at radius 3 is 2.81 bits per heavy atom. The molecule has 1 aliphatic carbocycles. The maximum atomic E-state index is 11.3. The molecule has 0 bridgehead atoms.